The molecule has 0 aliphatic carbocycles. The van der Waals surface area contributed by atoms with Crippen LogP contribution in [0.2, 0.25) is 0 Å². The Labute approximate surface area is 334 Å². The van der Waals surface area contributed by atoms with Gasteiger partial charge in [-0.15, -0.1) is 10.2 Å². The van der Waals surface area contributed by atoms with E-state index in [0.717, 1.165) is 9.86 Å². The van der Waals surface area contributed by atoms with E-state index in [1.54, 1.807) is 42.3 Å². The van der Waals surface area contributed by atoms with Gasteiger partial charge >= 0.3 is 0 Å². The molecule has 0 spiro atoms. The van der Waals surface area contributed by atoms with Crippen LogP contribution in [0.1, 0.15) is 33.1 Å². The van der Waals surface area contributed by atoms with Crippen LogP contribution in [0.15, 0.2) is 70.1 Å². The normalized spacial score (nSPS) is 15.7. The zero-order valence-electron chi connectivity index (χ0n) is 30.3. The van der Waals surface area contributed by atoms with E-state index in [-0.39, 0.29) is 24.3 Å². The minimum absolute atomic E-state index is 0.199. The van der Waals surface area contributed by atoms with E-state index in [2.05, 4.69) is 52.5 Å². The Morgan fingerprint density at radius 1 is 0.929 bits per heavy atom. The topological polar surface area (TPSA) is 211 Å². The minimum atomic E-state index is -1.01. The van der Waals surface area contributed by atoms with Gasteiger partial charge in [0.1, 0.15) is 12.1 Å². The number of halogens is 2. The number of fused-ring (bicyclic) bond motifs is 6. The van der Waals surface area contributed by atoms with Crippen molar-refractivity contribution in [3.05, 3.63) is 70.1 Å². The summed E-state index contributed by atoms with van der Waals surface area (Å²) in [6.07, 6.45) is 8.63. The van der Waals surface area contributed by atoms with Gasteiger partial charge in [0.05, 0.1) is 34.6 Å². The van der Waals surface area contributed by atoms with Crippen molar-refractivity contribution in [1.82, 2.24) is 64.2 Å². The van der Waals surface area contributed by atoms with Gasteiger partial charge in [0, 0.05) is 45.7 Å². The third-order valence-corrected chi connectivity index (χ3v) is 11.1. The number of aromatic nitrogens is 12. The molecule has 2 aromatic carbocycles. The SMILES string of the molecule is CC(C)[C@H](C(N)=O)N(c1nc2c(Br)cccc2c2nc(-c3cnn(C)c3)nn12)N1CCCC[C@@H](Nc2nc3c(Br)cccc3c3nc(-c4cn[nH]c4)nn23)C1=O. The van der Waals surface area contributed by atoms with Crippen LogP contribution in [0.4, 0.5) is 11.9 Å². The third-order valence-electron chi connectivity index (χ3n) is 9.83. The Balaban J connectivity index is 1.20. The lowest BCUT2D eigenvalue weighted by Crippen LogP contribution is -2.61. The van der Waals surface area contributed by atoms with Crippen LogP contribution >= 0.6 is 31.9 Å². The molecule has 0 radical (unpaired) electrons. The maximum absolute atomic E-state index is 15.2. The number of nitrogens with two attached hydrogens (primary N) is 1. The molecule has 1 saturated heterocycles. The number of benzene rings is 2. The number of rotatable bonds is 9. The smallest absolute Gasteiger partial charge is 0.263 e. The summed E-state index contributed by atoms with van der Waals surface area (Å²) in [5.74, 6) is 0.0543. The molecule has 9 rings (SSSR count). The number of hydrogen-bond acceptors (Lipinski definition) is 12. The minimum Gasteiger partial charge on any atom is -0.368 e. The molecular weight excluding hydrogens is 848 g/mol. The van der Waals surface area contributed by atoms with Gasteiger partial charge in [0.15, 0.2) is 22.9 Å². The summed E-state index contributed by atoms with van der Waals surface area (Å²) in [7, 11) is 1.81. The number of carbonyl (C=O) groups excluding carboxylic acids is 2. The summed E-state index contributed by atoms with van der Waals surface area (Å²) in [5, 5.41) is 29.0. The Morgan fingerprint density at radius 2 is 1.61 bits per heavy atom. The van der Waals surface area contributed by atoms with Gasteiger partial charge in [-0.1, -0.05) is 26.0 Å². The Bertz CT molecular complexity index is 2810. The molecule has 2 atom stereocenters. The van der Waals surface area contributed by atoms with Gasteiger partial charge in [-0.05, 0) is 81.3 Å². The van der Waals surface area contributed by atoms with Crippen molar-refractivity contribution >= 4 is 88.7 Å². The summed E-state index contributed by atoms with van der Waals surface area (Å²) in [6.45, 7) is 4.04. The summed E-state index contributed by atoms with van der Waals surface area (Å²) >= 11 is 7.33. The summed E-state index contributed by atoms with van der Waals surface area (Å²) in [6, 6.07) is 9.59. The van der Waals surface area contributed by atoms with E-state index in [9.17, 15) is 4.79 Å². The average Bonchev–Trinajstić information content (AvgIpc) is 3.99. The summed E-state index contributed by atoms with van der Waals surface area (Å²) in [5.41, 5.74) is 9.84. The fourth-order valence-electron chi connectivity index (χ4n) is 7.22. The molecular formula is C36H34Br2N16O2. The molecule has 1 fully saturated rings. The van der Waals surface area contributed by atoms with E-state index in [0.29, 0.717) is 80.2 Å². The lowest BCUT2D eigenvalue weighted by Gasteiger charge is -2.41. The van der Waals surface area contributed by atoms with E-state index in [1.165, 1.54) is 0 Å². The number of anilines is 2. The Kier molecular flexibility index (Phi) is 8.87. The van der Waals surface area contributed by atoms with Gasteiger partial charge in [-0.2, -0.15) is 19.2 Å². The lowest BCUT2D eigenvalue weighted by molar-refractivity contribution is -0.134. The molecule has 0 unspecified atom stereocenters. The first-order valence-corrected chi connectivity index (χ1v) is 19.5. The maximum Gasteiger partial charge on any atom is 0.263 e. The molecule has 6 aromatic heterocycles. The van der Waals surface area contributed by atoms with Crippen molar-refractivity contribution in [2.45, 2.75) is 45.2 Å². The second-order valence-corrected chi connectivity index (χ2v) is 15.6. The third kappa shape index (κ3) is 5.99. The maximum atomic E-state index is 15.2. The van der Waals surface area contributed by atoms with Crippen LogP contribution in [0.3, 0.4) is 0 Å². The van der Waals surface area contributed by atoms with Gasteiger partial charge in [0.2, 0.25) is 17.8 Å². The molecule has 0 saturated carbocycles. The highest BCUT2D eigenvalue weighted by molar-refractivity contribution is 9.11. The first-order valence-electron chi connectivity index (χ1n) is 17.9. The van der Waals surface area contributed by atoms with E-state index in [1.807, 2.05) is 63.5 Å². The van der Waals surface area contributed by atoms with Crippen LogP contribution in [0.25, 0.3) is 55.9 Å². The molecule has 2 amide bonds. The fraction of sp³-hybridized carbons (Fsp3) is 0.278. The molecule has 1 aliphatic heterocycles. The van der Waals surface area contributed by atoms with Crippen LogP contribution in [-0.4, -0.2) is 94.6 Å². The monoisotopic (exact) mass is 880 g/mol. The van der Waals surface area contributed by atoms with Crippen LogP contribution < -0.4 is 16.1 Å². The van der Waals surface area contributed by atoms with Gasteiger partial charge in [-0.25, -0.2) is 30.0 Å². The van der Waals surface area contributed by atoms with Crippen molar-refractivity contribution in [3.63, 3.8) is 0 Å². The fourth-order valence-corrected chi connectivity index (χ4v) is 8.13. The Hall–Kier alpha value is -6.02. The number of H-pyrrole nitrogens is 1. The number of hydrogen-bond donors (Lipinski definition) is 3. The number of para-hydroxylation sites is 2. The molecule has 4 N–H and O–H groups in total. The zero-order chi connectivity index (χ0) is 38.8. The standard InChI is InChI=1S/C36H34Br2N16O2/c1-18(2)28(29(39)55)54(36-45-27-22(9-7-11-24(27)38)33-47-31(49-53(33)36)20-16-42-50(3)17-20)51-13-5-4-12-25(34(51)56)43-35-44-26-21(8-6-10-23(26)37)32-46-30(48-52(32)35)19-14-40-41-15-19/h6-11,14-18,25,28H,4-5,12-13H2,1-3H3,(H2,39,55)(H,40,41)(H,43,44)/t25-,28-/m1/s1. The van der Waals surface area contributed by atoms with Gasteiger partial charge < -0.3 is 11.1 Å². The number of nitrogens with zero attached hydrogens (tertiary/aromatic N) is 13. The van der Waals surface area contributed by atoms with Crippen LogP contribution in [0, 0.1) is 5.92 Å². The number of carbonyl (C=O) groups is 2. The van der Waals surface area contributed by atoms with Crippen molar-refractivity contribution in [2.24, 2.45) is 18.7 Å². The first-order chi connectivity index (χ1) is 27.1. The highest BCUT2D eigenvalue weighted by Gasteiger charge is 2.41. The highest BCUT2D eigenvalue weighted by atomic mass is 79.9. The molecule has 7 heterocycles. The number of aryl methyl sites for hydroxylation is 1. The number of aromatic amines is 1. The molecule has 8 aromatic rings. The summed E-state index contributed by atoms with van der Waals surface area (Å²) in [4.78, 5) is 48.6. The number of nitrogens with one attached hydrogen (secondary N) is 2. The number of amides is 2. The van der Waals surface area contributed by atoms with Crippen molar-refractivity contribution < 1.29 is 9.59 Å². The van der Waals surface area contributed by atoms with Crippen LogP contribution in [0.5, 0.6) is 0 Å². The molecule has 1 aliphatic rings. The highest BCUT2D eigenvalue weighted by Crippen LogP contribution is 2.34. The van der Waals surface area contributed by atoms with E-state index in [4.69, 9.17) is 35.9 Å². The largest absolute Gasteiger partial charge is 0.368 e. The average molecular weight is 883 g/mol. The van der Waals surface area contributed by atoms with Gasteiger partial charge in [0.25, 0.3) is 5.91 Å². The van der Waals surface area contributed by atoms with E-state index >= 15 is 4.79 Å². The molecule has 18 nitrogen and oxygen atoms in total. The quantitative estimate of drug-likeness (QED) is 0.177. The first kappa shape index (κ1) is 35.7. The second kappa shape index (κ2) is 13.9. The van der Waals surface area contributed by atoms with Gasteiger partial charge in [-0.3, -0.25) is 19.4 Å². The predicted octanol–water partition coefficient (Wildman–Crippen LogP) is 4.91. The molecule has 20 heteroatoms. The summed E-state index contributed by atoms with van der Waals surface area (Å²) < 4.78 is 6.31. The molecule has 284 valence electrons. The van der Waals surface area contributed by atoms with E-state index < -0.39 is 18.0 Å². The van der Waals surface area contributed by atoms with Crippen molar-refractivity contribution in [2.75, 3.05) is 16.9 Å². The molecule has 0 bridgehead atoms. The second-order valence-electron chi connectivity index (χ2n) is 13.9. The zero-order valence-corrected chi connectivity index (χ0v) is 33.5. The Morgan fingerprint density at radius 3 is 2.25 bits per heavy atom. The number of primary amides is 1. The van der Waals surface area contributed by atoms with Crippen LogP contribution in [-0.2, 0) is 16.6 Å². The van der Waals surface area contributed by atoms with Crippen molar-refractivity contribution in [3.8, 4) is 22.8 Å². The van der Waals surface area contributed by atoms with Crippen molar-refractivity contribution in [1.29, 1.82) is 0 Å². The molecule has 56 heavy (non-hydrogen) atoms. The number of hydrazine groups is 1. The predicted molar refractivity (Wildman–Crippen MR) is 215 cm³/mol. The lowest BCUT2D eigenvalue weighted by atomic mass is 10.0.